The number of hydrogen-bond acceptors (Lipinski definition) is 3. The first-order valence-electron chi connectivity index (χ1n) is 5.69. The molecule has 0 aliphatic rings. The number of nitriles is 1. The molecule has 1 heterocycles. The molecule has 2 nitrogen and oxygen atoms in total. The van der Waals surface area contributed by atoms with Gasteiger partial charge in [0.05, 0.1) is 16.6 Å². The average molecular weight is 252 g/mol. The molecule has 0 aliphatic carbocycles. The second-order valence-electron chi connectivity index (χ2n) is 3.89. The predicted octanol–water partition coefficient (Wildman–Crippen LogP) is 3.29. The third kappa shape index (κ3) is 2.97. The summed E-state index contributed by atoms with van der Waals surface area (Å²) in [6.45, 7) is 4.03. The summed E-state index contributed by atoms with van der Waals surface area (Å²) in [6.07, 6.45) is 0.903. The van der Waals surface area contributed by atoms with Crippen molar-refractivity contribution >= 4 is 11.3 Å². The number of thiazole rings is 1. The summed E-state index contributed by atoms with van der Waals surface area (Å²) in [7, 11) is 0. The largest absolute Gasteiger partial charge is 0.233 e. The molecule has 0 N–H and O–H groups in total. The number of hydrogen-bond donors (Lipinski definition) is 0. The minimum absolute atomic E-state index is 0.660. The topological polar surface area (TPSA) is 36.7 Å². The maximum atomic E-state index is 8.96. The van der Waals surface area contributed by atoms with Crippen LogP contribution in [0.25, 0.3) is 0 Å². The summed E-state index contributed by atoms with van der Waals surface area (Å²) < 4.78 is 0. The SMILES string of the molecule is CCc1cc(C#N)cc(C#Cc2csc(C)n2)c1. The van der Waals surface area contributed by atoms with E-state index < -0.39 is 0 Å². The van der Waals surface area contributed by atoms with E-state index in [9.17, 15) is 0 Å². The standard InChI is InChI=1S/C15H12N2S/c1-3-12-6-13(8-14(7-12)9-16)4-5-15-10-18-11(2)17-15/h6-8,10H,3H2,1-2H3. The Morgan fingerprint density at radius 3 is 2.61 bits per heavy atom. The smallest absolute Gasteiger partial charge is 0.124 e. The molecule has 0 amide bonds. The first-order chi connectivity index (χ1) is 8.71. The molecule has 18 heavy (non-hydrogen) atoms. The molecule has 2 aromatic rings. The quantitative estimate of drug-likeness (QED) is 0.730. The van der Waals surface area contributed by atoms with E-state index in [2.05, 4.69) is 29.8 Å². The molecule has 0 atom stereocenters. The van der Waals surface area contributed by atoms with Crippen LogP contribution < -0.4 is 0 Å². The Balaban J connectivity index is 2.35. The summed E-state index contributed by atoms with van der Waals surface area (Å²) in [6, 6.07) is 7.90. The van der Waals surface area contributed by atoms with E-state index >= 15 is 0 Å². The summed E-state index contributed by atoms with van der Waals surface area (Å²) >= 11 is 1.59. The molecule has 0 radical (unpaired) electrons. The molecule has 0 bridgehead atoms. The molecule has 0 saturated heterocycles. The monoisotopic (exact) mass is 252 g/mol. The lowest BCUT2D eigenvalue weighted by Crippen LogP contribution is -1.86. The fraction of sp³-hybridized carbons (Fsp3) is 0.200. The first kappa shape index (κ1) is 12.4. The van der Waals surface area contributed by atoms with Crippen LogP contribution in [-0.2, 0) is 6.42 Å². The molecule has 0 saturated carbocycles. The predicted molar refractivity (Wildman–Crippen MR) is 73.4 cm³/mol. The molecule has 2 rings (SSSR count). The van der Waals surface area contributed by atoms with Crippen molar-refractivity contribution in [3.8, 4) is 17.9 Å². The highest BCUT2D eigenvalue weighted by molar-refractivity contribution is 7.09. The third-order valence-electron chi connectivity index (χ3n) is 2.48. The van der Waals surface area contributed by atoms with Crippen LogP contribution in [0.15, 0.2) is 23.6 Å². The van der Waals surface area contributed by atoms with Crippen molar-refractivity contribution in [3.05, 3.63) is 51.0 Å². The van der Waals surface area contributed by atoms with Gasteiger partial charge in [-0.3, -0.25) is 0 Å². The van der Waals surface area contributed by atoms with Gasteiger partial charge in [-0.2, -0.15) is 5.26 Å². The number of benzene rings is 1. The highest BCUT2D eigenvalue weighted by Gasteiger charge is 1.98. The lowest BCUT2D eigenvalue weighted by atomic mass is 10.0. The Morgan fingerprint density at radius 2 is 2.00 bits per heavy atom. The van der Waals surface area contributed by atoms with Gasteiger partial charge >= 0.3 is 0 Å². The molecular weight excluding hydrogens is 240 g/mol. The van der Waals surface area contributed by atoms with Crippen LogP contribution in [0, 0.1) is 30.1 Å². The van der Waals surface area contributed by atoms with E-state index in [0.717, 1.165) is 28.2 Å². The van der Waals surface area contributed by atoms with Crippen molar-refractivity contribution in [2.45, 2.75) is 20.3 Å². The van der Waals surface area contributed by atoms with Gasteiger partial charge < -0.3 is 0 Å². The van der Waals surface area contributed by atoms with Gasteiger partial charge in [-0.05, 0) is 43.0 Å². The Bertz CT molecular complexity index is 666. The molecule has 88 valence electrons. The van der Waals surface area contributed by atoms with Crippen molar-refractivity contribution < 1.29 is 0 Å². The minimum atomic E-state index is 0.660. The highest BCUT2D eigenvalue weighted by atomic mass is 32.1. The van der Waals surface area contributed by atoms with E-state index in [-0.39, 0.29) is 0 Å². The average Bonchev–Trinajstić information content (AvgIpc) is 2.81. The van der Waals surface area contributed by atoms with Gasteiger partial charge in [0.15, 0.2) is 0 Å². The van der Waals surface area contributed by atoms with E-state index in [0.29, 0.717) is 5.56 Å². The van der Waals surface area contributed by atoms with Crippen molar-refractivity contribution in [1.29, 1.82) is 5.26 Å². The van der Waals surface area contributed by atoms with Gasteiger partial charge in [0.2, 0.25) is 0 Å². The molecule has 0 aliphatic heterocycles. The van der Waals surface area contributed by atoms with Crippen LogP contribution in [0.3, 0.4) is 0 Å². The number of aromatic nitrogens is 1. The zero-order chi connectivity index (χ0) is 13.0. The van der Waals surface area contributed by atoms with Gasteiger partial charge in [-0.1, -0.05) is 12.8 Å². The third-order valence-corrected chi connectivity index (χ3v) is 3.26. The zero-order valence-corrected chi connectivity index (χ0v) is 11.1. The summed E-state index contributed by atoms with van der Waals surface area (Å²) in [4.78, 5) is 4.29. The fourth-order valence-corrected chi connectivity index (χ4v) is 2.13. The number of nitrogens with zero attached hydrogens (tertiary/aromatic N) is 2. The summed E-state index contributed by atoms with van der Waals surface area (Å²) in [5.41, 5.74) is 3.45. The Hall–Kier alpha value is -2.10. The van der Waals surface area contributed by atoms with Gasteiger partial charge in [0, 0.05) is 10.9 Å². The van der Waals surface area contributed by atoms with Gasteiger partial charge in [-0.25, -0.2) is 4.98 Å². The summed E-state index contributed by atoms with van der Waals surface area (Å²) in [5, 5.41) is 11.9. The van der Waals surface area contributed by atoms with Crippen LogP contribution in [0.2, 0.25) is 0 Å². The zero-order valence-electron chi connectivity index (χ0n) is 10.3. The van der Waals surface area contributed by atoms with E-state index in [1.807, 2.05) is 30.5 Å². The molecule has 0 spiro atoms. The Labute approximate surface area is 111 Å². The maximum absolute atomic E-state index is 8.96. The second kappa shape index (κ2) is 5.49. The number of rotatable bonds is 1. The molecule has 0 unspecified atom stereocenters. The van der Waals surface area contributed by atoms with Crippen LogP contribution in [0.4, 0.5) is 0 Å². The van der Waals surface area contributed by atoms with Crippen LogP contribution >= 0.6 is 11.3 Å². The van der Waals surface area contributed by atoms with E-state index in [4.69, 9.17) is 5.26 Å². The lowest BCUT2D eigenvalue weighted by molar-refractivity contribution is 1.13. The van der Waals surface area contributed by atoms with Gasteiger partial charge in [0.1, 0.15) is 5.69 Å². The fourth-order valence-electron chi connectivity index (χ4n) is 1.59. The number of aryl methyl sites for hydroxylation is 2. The van der Waals surface area contributed by atoms with Crippen LogP contribution in [-0.4, -0.2) is 4.98 Å². The van der Waals surface area contributed by atoms with Crippen molar-refractivity contribution in [2.75, 3.05) is 0 Å². The molecule has 1 aromatic heterocycles. The minimum Gasteiger partial charge on any atom is -0.233 e. The maximum Gasteiger partial charge on any atom is 0.124 e. The molecular formula is C15H12N2S. The van der Waals surface area contributed by atoms with Gasteiger partial charge in [-0.15, -0.1) is 11.3 Å². The first-order valence-corrected chi connectivity index (χ1v) is 6.57. The lowest BCUT2D eigenvalue weighted by Gasteiger charge is -1.98. The van der Waals surface area contributed by atoms with Crippen molar-refractivity contribution in [2.24, 2.45) is 0 Å². The highest BCUT2D eigenvalue weighted by Crippen LogP contribution is 2.11. The van der Waals surface area contributed by atoms with Gasteiger partial charge in [0.25, 0.3) is 0 Å². The molecule has 0 fully saturated rings. The van der Waals surface area contributed by atoms with E-state index in [1.54, 1.807) is 11.3 Å². The summed E-state index contributed by atoms with van der Waals surface area (Å²) in [5.74, 6) is 6.09. The molecule has 1 aromatic carbocycles. The van der Waals surface area contributed by atoms with Crippen molar-refractivity contribution in [3.63, 3.8) is 0 Å². The second-order valence-corrected chi connectivity index (χ2v) is 4.95. The normalized spacial score (nSPS) is 9.39. The van der Waals surface area contributed by atoms with Crippen LogP contribution in [0.1, 0.15) is 34.3 Å². The molecule has 3 heteroatoms. The van der Waals surface area contributed by atoms with Crippen LogP contribution in [0.5, 0.6) is 0 Å². The van der Waals surface area contributed by atoms with Crippen molar-refractivity contribution in [1.82, 2.24) is 4.98 Å². The Kier molecular flexibility index (Phi) is 3.77. The van der Waals surface area contributed by atoms with E-state index in [1.165, 1.54) is 0 Å². The Morgan fingerprint density at radius 1 is 1.22 bits per heavy atom.